The number of carbonyl (C=O) groups excluding carboxylic acids is 2. The van der Waals surface area contributed by atoms with Crippen molar-refractivity contribution in [3.8, 4) is 5.75 Å². The summed E-state index contributed by atoms with van der Waals surface area (Å²) in [5.41, 5.74) is 2.53. The highest BCUT2D eigenvalue weighted by atomic mass is 16.7. The lowest BCUT2D eigenvalue weighted by molar-refractivity contribution is 0.0507. The maximum atomic E-state index is 13.4. The van der Waals surface area contributed by atoms with Gasteiger partial charge in [0, 0.05) is 6.07 Å². The van der Waals surface area contributed by atoms with E-state index in [1.54, 1.807) is 5.94 Å². The summed E-state index contributed by atoms with van der Waals surface area (Å²) in [7, 11) is 0. The van der Waals surface area contributed by atoms with E-state index < -0.39 is 17.6 Å². The topological polar surface area (TPSA) is 74.6 Å². The third-order valence-electron chi connectivity index (χ3n) is 6.36. The van der Waals surface area contributed by atoms with Crippen LogP contribution < -0.4 is 15.0 Å². The number of aldehydes is 1. The fourth-order valence-corrected chi connectivity index (χ4v) is 4.49. The average molecular weight is 528 g/mol. The minimum Gasteiger partial charge on any atom is -0.475 e. The van der Waals surface area contributed by atoms with Crippen LogP contribution in [-0.4, -0.2) is 17.0 Å². The summed E-state index contributed by atoms with van der Waals surface area (Å²) in [6.45, 7) is 0. The summed E-state index contributed by atoms with van der Waals surface area (Å²) in [6, 6.07) is 38.9. The molecule has 0 N–H and O–H groups in total. The van der Waals surface area contributed by atoms with E-state index in [2.05, 4.69) is 0 Å². The normalized spacial score (nSPS) is 10.7. The maximum absolute atomic E-state index is 13.4. The second-order valence-electron chi connectivity index (χ2n) is 8.95. The second-order valence-corrected chi connectivity index (χ2v) is 8.95. The molecule has 5 rings (SSSR count). The molecule has 5 aromatic rings. The quantitative estimate of drug-likeness (QED) is 0.167. The summed E-state index contributed by atoms with van der Waals surface area (Å²) in [4.78, 5) is 43.7. The zero-order valence-electron chi connectivity index (χ0n) is 21.4. The molecule has 40 heavy (non-hydrogen) atoms. The zero-order valence-corrected chi connectivity index (χ0v) is 21.4. The first-order valence-electron chi connectivity index (χ1n) is 12.7. The Kier molecular flexibility index (Phi) is 8.11. The molecule has 1 aromatic heterocycles. The highest BCUT2D eigenvalue weighted by Crippen LogP contribution is 2.31. The van der Waals surface area contributed by atoms with Gasteiger partial charge < -0.3 is 9.57 Å². The van der Waals surface area contributed by atoms with Crippen LogP contribution in [0.15, 0.2) is 132 Å². The monoisotopic (exact) mass is 527 g/mol. The lowest BCUT2D eigenvalue weighted by atomic mass is 10.0. The molecule has 6 nitrogen and oxygen atoms in total. The van der Waals surface area contributed by atoms with Gasteiger partial charge in [-0.1, -0.05) is 121 Å². The molecule has 6 heteroatoms. The van der Waals surface area contributed by atoms with Crippen molar-refractivity contribution in [3.63, 3.8) is 0 Å². The molecule has 0 unspecified atom stereocenters. The van der Waals surface area contributed by atoms with Crippen LogP contribution >= 0.6 is 0 Å². The van der Waals surface area contributed by atoms with Gasteiger partial charge >= 0.3 is 0 Å². The Balaban J connectivity index is 1.68. The van der Waals surface area contributed by atoms with Crippen molar-refractivity contribution >= 4 is 18.3 Å². The number of pyridine rings is 1. The summed E-state index contributed by atoms with van der Waals surface area (Å²) in [5, 5.41) is 0. The summed E-state index contributed by atoms with van der Waals surface area (Å²) < 4.78 is 7.57. The van der Waals surface area contributed by atoms with Crippen LogP contribution in [0, 0.1) is 0 Å². The van der Waals surface area contributed by atoms with Gasteiger partial charge in [-0.25, -0.2) is 4.79 Å². The molecule has 0 amide bonds. The molecule has 196 valence electrons. The second kappa shape index (κ2) is 12.4. The molecule has 0 bridgehead atoms. The van der Waals surface area contributed by atoms with Crippen molar-refractivity contribution < 1.29 is 19.2 Å². The van der Waals surface area contributed by atoms with Crippen LogP contribution in [-0.2, 0) is 4.79 Å². The molecular weight excluding hydrogens is 502 g/mol. The first kappa shape index (κ1) is 26.2. The Hall–Kier alpha value is -5.45. The summed E-state index contributed by atoms with van der Waals surface area (Å²) in [6.07, 6.45) is 0.202. The molecule has 0 radical (unpaired) electrons. The zero-order chi connectivity index (χ0) is 27.7. The predicted octanol–water partition coefficient (Wildman–Crippen LogP) is 5.89. The molecule has 0 fully saturated rings. The molecule has 0 aliphatic heterocycles. The number of hydrogen-bond acceptors (Lipinski definition) is 5. The molecular formula is C34H25NO5. The van der Waals surface area contributed by atoms with Crippen LogP contribution in [0.4, 0.5) is 0 Å². The van der Waals surface area contributed by atoms with Crippen molar-refractivity contribution in [2.45, 2.75) is 12.2 Å². The van der Waals surface area contributed by atoms with E-state index in [9.17, 15) is 14.4 Å². The Morgan fingerprint density at radius 2 is 1.07 bits per heavy atom. The Morgan fingerprint density at radius 1 is 0.650 bits per heavy atom. The molecule has 0 aliphatic rings. The molecule has 0 aliphatic carbocycles. The number of carbonyl (C=O) groups is 1. The fraction of sp³-hybridized carbons (Fsp3) is 0.0588. The highest BCUT2D eigenvalue weighted by molar-refractivity contribution is 5.79. The average Bonchev–Trinajstić information content (AvgIpc) is 3.02. The molecule has 0 saturated carbocycles. The number of ether oxygens (including phenoxy) is 1. The Bertz CT molecular complexity index is 1600. The number of aromatic nitrogens is 1. The van der Waals surface area contributed by atoms with Crippen LogP contribution in [0.2, 0.25) is 0 Å². The van der Waals surface area contributed by atoms with E-state index >= 15 is 0 Å². The van der Waals surface area contributed by atoms with Gasteiger partial charge in [0.05, 0.1) is 6.08 Å². The first-order chi connectivity index (χ1) is 19.7. The van der Waals surface area contributed by atoms with Crippen LogP contribution in [0.1, 0.15) is 50.6 Å². The number of rotatable bonds is 10. The molecule has 0 spiro atoms. The van der Waals surface area contributed by atoms with E-state index in [4.69, 9.17) is 9.57 Å². The first-order valence-corrected chi connectivity index (χ1v) is 12.7. The lowest BCUT2D eigenvalue weighted by Gasteiger charge is -2.26. The van der Waals surface area contributed by atoms with Crippen molar-refractivity contribution in [1.82, 2.24) is 4.73 Å². The van der Waals surface area contributed by atoms with Crippen LogP contribution in [0.25, 0.3) is 6.08 Å². The number of nitrogens with zero attached hydrogens (tertiary/aromatic N) is 1. The van der Waals surface area contributed by atoms with E-state index in [-0.39, 0.29) is 17.1 Å². The van der Waals surface area contributed by atoms with E-state index in [1.807, 2.05) is 121 Å². The van der Waals surface area contributed by atoms with Crippen molar-refractivity contribution in [3.05, 3.63) is 171 Å². The standard InChI is InChI=1S/C34H25NO5/c36-22-21-30-34(39-32(25-13-5-1-6-14-25)26-15-7-2-8-16-26)31(38)23-29(24-37)35(30)40-33(27-17-9-3-10-18-27)28-19-11-4-12-20-28/h1-21,23-24,32-33H. The number of benzene rings is 4. The van der Waals surface area contributed by atoms with Crippen molar-refractivity contribution in [1.29, 1.82) is 0 Å². The van der Waals surface area contributed by atoms with Gasteiger partial charge in [-0.05, 0) is 22.3 Å². The van der Waals surface area contributed by atoms with E-state index in [0.29, 0.717) is 6.29 Å². The summed E-state index contributed by atoms with van der Waals surface area (Å²) >= 11 is 0. The number of hydrogen-bond donors (Lipinski definition) is 0. The summed E-state index contributed by atoms with van der Waals surface area (Å²) in [5.74, 6) is 1.59. The lowest BCUT2D eigenvalue weighted by Crippen LogP contribution is -2.28. The predicted molar refractivity (Wildman–Crippen MR) is 153 cm³/mol. The minimum absolute atomic E-state index is 0.0293. The third kappa shape index (κ3) is 5.68. The molecule has 0 saturated heterocycles. The Morgan fingerprint density at radius 3 is 1.48 bits per heavy atom. The van der Waals surface area contributed by atoms with Crippen LogP contribution in [0.3, 0.4) is 0 Å². The molecule has 4 aromatic carbocycles. The molecule has 0 atom stereocenters. The molecule has 1 heterocycles. The van der Waals surface area contributed by atoms with E-state index in [1.165, 1.54) is 4.73 Å². The fourth-order valence-electron chi connectivity index (χ4n) is 4.49. The third-order valence-corrected chi connectivity index (χ3v) is 6.36. The van der Waals surface area contributed by atoms with Crippen molar-refractivity contribution in [2.24, 2.45) is 0 Å². The van der Waals surface area contributed by atoms with Gasteiger partial charge in [0.1, 0.15) is 23.4 Å². The van der Waals surface area contributed by atoms with Gasteiger partial charge in [0.15, 0.2) is 18.1 Å². The van der Waals surface area contributed by atoms with Crippen LogP contribution in [0.5, 0.6) is 5.75 Å². The van der Waals surface area contributed by atoms with Crippen molar-refractivity contribution in [2.75, 3.05) is 0 Å². The van der Waals surface area contributed by atoms with Gasteiger partial charge in [-0.3, -0.25) is 9.59 Å². The maximum Gasteiger partial charge on any atom is 0.225 e. The smallest absolute Gasteiger partial charge is 0.225 e. The van der Waals surface area contributed by atoms with E-state index in [0.717, 1.165) is 34.4 Å². The van der Waals surface area contributed by atoms with Gasteiger partial charge in [0.2, 0.25) is 5.43 Å². The SMILES string of the molecule is O=C=Cc1c(OC(c2ccccc2)c2ccccc2)c(=O)cc(C=O)n1OC(c1ccccc1)c1ccccc1. The largest absolute Gasteiger partial charge is 0.475 e. The minimum atomic E-state index is -0.677. The highest BCUT2D eigenvalue weighted by Gasteiger charge is 2.25. The van der Waals surface area contributed by atoms with Gasteiger partial charge in [-0.15, -0.1) is 0 Å². The Labute approximate surface area is 231 Å². The van der Waals surface area contributed by atoms with Gasteiger partial charge in [0.25, 0.3) is 0 Å². The van der Waals surface area contributed by atoms with Gasteiger partial charge in [-0.2, -0.15) is 4.73 Å².